The number of piperidine rings is 1. The number of amides is 1. The van der Waals surface area contributed by atoms with E-state index in [2.05, 4.69) is 41.3 Å². The lowest BCUT2D eigenvalue weighted by Gasteiger charge is -2.42. The Kier molecular flexibility index (Phi) is 8.04. The Bertz CT molecular complexity index is 1120. The molecule has 0 bridgehead atoms. The number of nitrogens with one attached hydrogen (secondary N) is 1. The van der Waals surface area contributed by atoms with Gasteiger partial charge in [-0.25, -0.2) is 4.79 Å². The topological polar surface area (TPSA) is 85.2 Å². The molecule has 4 rings (SSSR count). The van der Waals surface area contributed by atoms with Gasteiger partial charge < -0.3 is 4.74 Å². The van der Waals surface area contributed by atoms with Crippen molar-refractivity contribution in [2.45, 2.75) is 84.5 Å². The molecule has 1 aliphatic rings. The molecule has 1 saturated heterocycles. The predicted molar refractivity (Wildman–Crippen MR) is 141 cm³/mol. The average molecular weight is 491 g/mol. The van der Waals surface area contributed by atoms with Crippen LogP contribution in [0, 0.1) is 13.8 Å². The van der Waals surface area contributed by atoms with Crippen molar-refractivity contribution in [1.82, 2.24) is 24.6 Å². The van der Waals surface area contributed by atoms with Crippen LogP contribution in [0.25, 0.3) is 0 Å². The Labute approximate surface area is 214 Å². The first-order valence-corrected chi connectivity index (χ1v) is 12.8. The van der Waals surface area contributed by atoms with Gasteiger partial charge in [-0.3, -0.25) is 24.9 Å². The molecule has 0 aliphatic carbocycles. The maximum atomic E-state index is 12.1. The number of aryl methyl sites for hydroxylation is 3. The van der Waals surface area contributed by atoms with Crippen molar-refractivity contribution in [1.29, 1.82) is 0 Å². The van der Waals surface area contributed by atoms with Crippen molar-refractivity contribution < 1.29 is 9.53 Å². The van der Waals surface area contributed by atoms with Gasteiger partial charge in [0.15, 0.2) is 0 Å². The molecule has 0 spiro atoms. The maximum absolute atomic E-state index is 12.1. The first-order chi connectivity index (χ1) is 17.2. The molecule has 0 unspecified atom stereocenters. The first-order valence-electron chi connectivity index (χ1n) is 12.8. The molecule has 36 heavy (non-hydrogen) atoms. The number of likely N-dealkylation sites (tertiary alicyclic amines) is 1. The van der Waals surface area contributed by atoms with Gasteiger partial charge in [0.2, 0.25) is 0 Å². The number of ether oxygens (including phenoxy) is 1. The summed E-state index contributed by atoms with van der Waals surface area (Å²) in [7, 11) is 0. The SMILES string of the molecule is Cc1cccnc1[C@H]1CCC[C@@H](c2ncccc2C)N1CCCn1cc(NC(=O)OC(C)(C)C)cn1. The number of rotatable bonds is 7. The largest absolute Gasteiger partial charge is 0.444 e. The summed E-state index contributed by atoms with van der Waals surface area (Å²) in [6.45, 7) is 11.5. The number of carbonyl (C=O) groups excluding carboxylic acids is 1. The zero-order chi connectivity index (χ0) is 25.7. The van der Waals surface area contributed by atoms with Crippen molar-refractivity contribution >= 4 is 11.8 Å². The third kappa shape index (κ3) is 6.49. The summed E-state index contributed by atoms with van der Waals surface area (Å²) in [4.78, 5) is 24.2. The summed E-state index contributed by atoms with van der Waals surface area (Å²) in [6.07, 6.45) is 11.1. The molecule has 8 nitrogen and oxygen atoms in total. The third-order valence-electron chi connectivity index (χ3n) is 6.57. The number of carbonyl (C=O) groups is 1. The van der Waals surface area contributed by atoms with Gasteiger partial charge in [0, 0.05) is 31.7 Å². The first kappa shape index (κ1) is 25.8. The van der Waals surface area contributed by atoms with E-state index in [0.29, 0.717) is 5.69 Å². The van der Waals surface area contributed by atoms with Crippen LogP contribution in [0.15, 0.2) is 49.1 Å². The summed E-state index contributed by atoms with van der Waals surface area (Å²) in [6, 6.07) is 8.83. The molecule has 1 amide bonds. The second kappa shape index (κ2) is 11.2. The van der Waals surface area contributed by atoms with Crippen LogP contribution in [0.3, 0.4) is 0 Å². The average Bonchev–Trinajstić information content (AvgIpc) is 3.25. The van der Waals surface area contributed by atoms with E-state index in [9.17, 15) is 4.79 Å². The maximum Gasteiger partial charge on any atom is 0.412 e. The number of aromatic nitrogens is 4. The molecule has 4 heterocycles. The van der Waals surface area contributed by atoms with Crippen molar-refractivity contribution in [3.8, 4) is 0 Å². The van der Waals surface area contributed by atoms with Crippen LogP contribution in [-0.4, -0.2) is 42.9 Å². The Balaban J connectivity index is 1.47. The Hall–Kier alpha value is -3.26. The monoisotopic (exact) mass is 490 g/mol. The number of nitrogens with zero attached hydrogens (tertiary/aromatic N) is 5. The van der Waals surface area contributed by atoms with Crippen molar-refractivity contribution in [3.05, 3.63) is 71.6 Å². The molecule has 0 aromatic carbocycles. The van der Waals surface area contributed by atoms with E-state index in [1.807, 2.05) is 56.2 Å². The van der Waals surface area contributed by atoms with Gasteiger partial charge in [0.05, 0.1) is 35.4 Å². The van der Waals surface area contributed by atoms with E-state index in [0.717, 1.165) is 38.8 Å². The molecule has 192 valence electrons. The zero-order valence-corrected chi connectivity index (χ0v) is 22.1. The molecule has 3 aromatic rings. The van der Waals surface area contributed by atoms with E-state index < -0.39 is 11.7 Å². The van der Waals surface area contributed by atoms with Crippen molar-refractivity contribution in [2.24, 2.45) is 0 Å². The molecule has 1 fully saturated rings. The second-order valence-corrected chi connectivity index (χ2v) is 10.6. The van der Waals surface area contributed by atoms with Crippen molar-refractivity contribution in [3.63, 3.8) is 0 Å². The summed E-state index contributed by atoms with van der Waals surface area (Å²) in [5.74, 6) is 0. The highest BCUT2D eigenvalue weighted by Crippen LogP contribution is 2.42. The zero-order valence-electron chi connectivity index (χ0n) is 22.1. The fourth-order valence-electron chi connectivity index (χ4n) is 5.03. The van der Waals surface area contributed by atoms with Gasteiger partial charge in [-0.05, 0) is 83.6 Å². The molecule has 0 radical (unpaired) electrons. The quantitative estimate of drug-likeness (QED) is 0.437. The summed E-state index contributed by atoms with van der Waals surface area (Å²) in [5, 5.41) is 7.19. The Morgan fingerprint density at radius 2 is 1.64 bits per heavy atom. The van der Waals surface area contributed by atoms with Crippen LogP contribution < -0.4 is 5.32 Å². The lowest BCUT2D eigenvalue weighted by atomic mass is 9.88. The molecular formula is C28H38N6O2. The van der Waals surface area contributed by atoms with Crippen LogP contribution in [0.2, 0.25) is 0 Å². The fourth-order valence-corrected chi connectivity index (χ4v) is 5.03. The highest BCUT2D eigenvalue weighted by atomic mass is 16.6. The highest BCUT2D eigenvalue weighted by Gasteiger charge is 2.34. The van der Waals surface area contributed by atoms with Crippen LogP contribution in [0.4, 0.5) is 10.5 Å². The second-order valence-electron chi connectivity index (χ2n) is 10.6. The minimum absolute atomic E-state index is 0.258. The normalized spacial score (nSPS) is 18.7. The molecular weight excluding hydrogens is 452 g/mol. The van der Waals surface area contributed by atoms with Crippen molar-refractivity contribution in [2.75, 3.05) is 11.9 Å². The number of pyridine rings is 2. The van der Waals surface area contributed by atoms with Gasteiger partial charge in [-0.1, -0.05) is 12.1 Å². The van der Waals surface area contributed by atoms with E-state index in [1.165, 1.54) is 22.5 Å². The van der Waals surface area contributed by atoms with Gasteiger partial charge in [-0.2, -0.15) is 5.10 Å². The lowest BCUT2D eigenvalue weighted by Crippen LogP contribution is -2.39. The van der Waals surface area contributed by atoms with E-state index in [1.54, 1.807) is 6.20 Å². The van der Waals surface area contributed by atoms with Crippen LogP contribution >= 0.6 is 0 Å². The van der Waals surface area contributed by atoms with Gasteiger partial charge in [0.25, 0.3) is 0 Å². The van der Waals surface area contributed by atoms with Gasteiger partial charge in [0.1, 0.15) is 5.60 Å². The minimum Gasteiger partial charge on any atom is -0.444 e. The smallest absolute Gasteiger partial charge is 0.412 e. The molecule has 8 heteroatoms. The van der Waals surface area contributed by atoms with E-state index in [4.69, 9.17) is 14.7 Å². The van der Waals surface area contributed by atoms with Crippen LogP contribution in [0.5, 0.6) is 0 Å². The predicted octanol–water partition coefficient (Wildman–Crippen LogP) is 6.00. The molecule has 0 saturated carbocycles. The van der Waals surface area contributed by atoms with Crippen LogP contribution in [0.1, 0.15) is 81.1 Å². The number of hydrogen-bond acceptors (Lipinski definition) is 6. The number of hydrogen-bond donors (Lipinski definition) is 1. The lowest BCUT2D eigenvalue weighted by molar-refractivity contribution is 0.0636. The van der Waals surface area contributed by atoms with Crippen LogP contribution in [-0.2, 0) is 11.3 Å². The standard InChI is InChI=1S/C28H38N6O2/c1-20-10-7-14-29-25(20)23-12-6-13-24(26-21(2)11-8-15-30-26)34(23)17-9-16-33-19-22(18-31-33)32-27(35)36-28(3,4)5/h7-8,10-11,14-15,18-19,23-24H,6,9,12-13,16-17H2,1-5H3,(H,32,35)/t23-,24+. The van der Waals surface area contributed by atoms with E-state index in [-0.39, 0.29) is 12.1 Å². The Morgan fingerprint density at radius 1 is 1.03 bits per heavy atom. The van der Waals surface area contributed by atoms with E-state index >= 15 is 0 Å². The highest BCUT2D eigenvalue weighted by molar-refractivity contribution is 5.84. The summed E-state index contributed by atoms with van der Waals surface area (Å²) in [5.41, 5.74) is 4.88. The van der Waals surface area contributed by atoms with Gasteiger partial charge in [-0.15, -0.1) is 0 Å². The molecule has 1 aliphatic heterocycles. The molecule has 2 atom stereocenters. The van der Waals surface area contributed by atoms with Gasteiger partial charge >= 0.3 is 6.09 Å². The molecule has 1 N–H and O–H groups in total. The fraction of sp³-hybridized carbons (Fsp3) is 0.500. The minimum atomic E-state index is -0.542. The molecule has 3 aromatic heterocycles. The third-order valence-corrected chi connectivity index (χ3v) is 6.57. The summed E-state index contributed by atoms with van der Waals surface area (Å²) >= 11 is 0. The number of anilines is 1. The summed E-state index contributed by atoms with van der Waals surface area (Å²) < 4.78 is 7.21. The Morgan fingerprint density at radius 3 is 2.19 bits per heavy atom.